The highest BCUT2D eigenvalue weighted by Crippen LogP contribution is 2.31. The van der Waals surface area contributed by atoms with Gasteiger partial charge >= 0.3 is 0 Å². The van der Waals surface area contributed by atoms with Crippen molar-refractivity contribution >= 4 is 62.3 Å². The third kappa shape index (κ3) is 7.07. The van der Waals surface area contributed by atoms with Crippen molar-refractivity contribution in [1.29, 1.82) is 5.41 Å². The molecule has 1 aromatic carbocycles. The predicted molar refractivity (Wildman–Crippen MR) is 147 cm³/mol. The summed E-state index contributed by atoms with van der Waals surface area (Å²) in [5.41, 5.74) is 3.39. The van der Waals surface area contributed by atoms with Crippen LogP contribution in [0.1, 0.15) is 38.7 Å². The standard InChI is InChI=1S/C22H18ClN5O3S.CH4O3S.CH4/c23-18-5-4-17(32-18)20(29)26-16-6-7-25-19-15(16)12-27(21(19)30)11-13-2-1-3-14(10-13)28-8-9-31-22(28)24;1-5(2,3)4;/h1-7,10,24H,8-9,11-12H2,(H,25,26,29);1H3,(H,2,3,4);1H4. The van der Waals surface area contributed by atoms with Crippen LogP contribution in [0, 0.1) is 5.41 Å². The summed E-state index contributed by atoms with van der Waals surface area (Å²) >= 11 is 7.13. The Morgan fingerprint density at radius 2 is 2.03 bits per heavy atom. The Bertz CT molecular complexity index is 1470. The molecule has 2 aromatic heterocycles. The van der Waals surface area contributed by atoms with Crippen molar-refractivity contribution in [3.63, 3.8) is 0 Å². The molecular weight excluding hydrogens is 554 g/mol. The lowest BCUT2D eigenvalue weighted by molar-refractivity contribution is 0.0762. The van der Waals surface area contributed by atoms with Gasteiger partial charge in [-0.3, -0.25) is 29.4 Å². The Morgan fingerprint density at radius 1 is 1.29 bits per heavy atom. The van der Waals surface area contributed by atoms with Crippen molar-refractivity contribution in [3.05, 3.63) is 74.7 Å². The highest BCUT2D eigenvalue weighted by atomic mass is 35.5. The van der Waals surface area contributed by atoms with Gasteiger partial charge in [-0.15, -0.1) is 11.3 Å². The van der Waals surface area contributed by atoms with E-state index in [0.717, 1.165) is 11.3 Å². The first-order valence-corrected chi connectivity index (χ1v) is 13.9. The van der Waals surface area contributed by atoms with Gasteiger partial charge in [0, 0.05) is 29.7 Å². The largest absolute Gasteiger partial charge is 0.463 e. The number of fused-ring (bicyclic) bond motifs is 1. The number of anilines is 2. The van der Waals surface area contributed by atoms with Crippen LogP contribution < -0.4 is 10.2 Å². The fraction of sp³-hybridized carbons (Fsp3) is 0.250. The number of nitrogens with one attached hydrogen (secondary N) is 2. The summed E-state index contributed by atoms with van der Waals surface area (Å²) in [5, 5.41) is 10.8. The number of carbonyl (C=O) groups excluding carboxylic acids is 2. The summed E-state index contributed by atoms with van der Waals surface area (Å²) in [6.45, 7) is 1.84. The number of aromatic nitrogens is 1. The molecule has 202 valence electrons. The zero-order chi connectivity index (χ0) is 26.7. The molecule has 3 N–H and O–H groups in total. The minimum absolute atomic E-state index is 0. The molecule has 0 aliphatic carbocycles. The molecule has 14 heteroatoms. The number of pyridine rings is 1. The number of hydrogen-bond acceptors (Lipinski definition) is 8. The van der Waals surface area contributed by atoms with Gasteiger partial charge in [0.15, 0.2) is 0 Å². The van der Waals surface area contributed by atoms with E-state index in [9.17, 15) is 18.0 Å². The van der Waals surface area contributed by atoms with Gasteiger partial charge in [-0.25, -0.2) is 0 Å². The van der Waals surface area contributed by atoms with Gasteiger partial charge in [0.1, 0.15) is 12.3 Å². The molecule has 2 aliphatic rings. The van der Waals surface area contributed by atoms with Gasteiger partial charge in [0.2, 0.25) is 0 Å². The maximum absolute atomic E-state index is 13.0. The molecule has 0 unspecified atom stereocenters. The lowest BCUT2D eigenvalue weighted by Crippen LogP contribution is -2.25. The molecule has 2 amide bonds. The second-order valence-corrected chi connectivity index (χ2v) is 11.3. The lowest BCUT2D eigenvalue weighted by Gasteiger charge is -2.19. The van der Waals surface area contributed by atoms with Gasteiger partial charge in [-0.2, -0.15) is 8.42 Å². The number of rotatable bonds is 5. The quantitative estimate of drug-likeness (QED) is 0.382. The number of thiophene rings is 1. The maximum atomic E-state index is 13.0. The van der Waals surface area contributed by atoms with Crippen LogP contribution >= 0.6 is 22.9 Å². The van der Waals surface area contributed by atoms with E-state index in [1.54, 1.807) is 28.0 Å². The zero-order valence-corrected chi connectivity index (χ0v) is 21.9. The fourth-order valence-corrected chi connectivity index (χ4v) is 4.76. The molecular formula is C24H26ClN5O6S2. The molecule has 0 atom stereocenters. The molecule has 0 radical (unpaired) electrons. The summed E-state index contributed by atoms with van der Waals surface area (Å²) in [5.74, 6) is -0.456. The van der Waals surface area contributed by atoms with Crippen molar-refractivity contribution in [2.45, 2.75) is 20.5 Å². The molecule has 0 bridgehead atoms. The number of ether oxygens (including phenoxy) is 1. The van der Waals surface area contributed by atoms with E-state index in [1.807, 2.05) is 24.3 Å². The predicted octanol–water partition coefficient (Wildman–Crippen LogP) is 4.12. The number of amides is 2. The Labute approximate surface area is 229 Å². The average molecular weight is 580 g/mol. The molecule has 11 nitrogen and oxygen atoms in total. The molecule has 38 heavy (non-hydrogen) atoms. The minimum Gasteiger partial charge on any atom is -0.463 e. The third-order valence-electron chi connectivity index (χ3n) is 5.33. The molecule has 5 rings (SSSR count). The van der Waals surface area contributed by atoms with Crippen LogP contribution in [0.5, 0.6) is 0 Å². The summed E-state index contributed by atoms with van der Waals surface area (Å²) in [6, 6.07) is 12.9. The number of carbonyl (C=O) groups is 2. The first-order chi connectivity index (χ1) is 17.5. The Morgan fingerprint density at radius 3 is 2.66 bits per heavy atom. The summed E-state index contributed by atoms with van der Waals surface area (Å²) < 4.78 is 31.6. The van der Waals surface area contributed by atoms with Crippen LogP contribution in [0.2, 0.25) is 4.34 Å². The second-order valence-electron chi connectivity index (χ2n) is 8.11. The first-order valence-electron chi connectivity index (χ1n) is 10.8. The monoisotopic (exact) mass is 579 g/mol. The molecule has 1 saturated heterocycles. The van der Waals surface area contributed by atoms with Crippen molar-refractivity contribution in [3.8, 4) is 0 Å². The van der Waals surface area contributed by atoms with Crippen LogP contribution in [0.15, 0.2) is 48.7 Å². The van der Waals surface area contributed by atoms with Gasteiger partial charge in [0.25, 0.3) is 28.0 Å². The van der Waals surface area contributed by atoms with Crippen LogP contribution in [-0.2, 0) is 27.9 Å². The smallest absolute Gasteiger partial charge is 0.289 e. The number of benzene rings is 1. The van der Waals surface area contributed by atoms with E-state index < -0.39 is 10.1 Å². The Kier molecular flexibility index (Phi) is 9.09. The molecule has 2 aliphatic heterocycles. The van der Waals surface area contributed by atoms with E-state index in [2.05, 4.69) is 10.3 Å². The van der Waals surface area contributed by atoms with Crippen molar-refractivity contribution in [2.24, 2.45) is 0 Å². The molecule has 1 fully saturated rings. The summed E-state index contributed by atoms with van der Waals surface area (Å²) in [7, 11) is -3.67. The summed E-state index contributed by atoms with van der Waals surface area (Å²) in [6.07, 6.45) is 2.24. The maximum Gasteiger partial charge on any atom is 0.289 e. The van der Waals surface area contributed by atoms with Gasteiger partial charge < -0.3 is 15.0 Å². The van der Waals surface area contributed by atoms with Crippen LogP contribution in [0.25, 0.3) is 0 Å². The minimum atomic E-state index is -3.67. The average Bonchev–Trinajstić information content (AvgIpc) is 3.53. The van der Waals surface area contributed by atoms with Gasteiger partial charge in [-0.05, 0) is 35.9 Å². The molecule has 0 spiro atoms. The highest BCUT2D eigenvalue weighted by molar-refractivity contribution is 7.85. The molecule has 3 aromatic rings. The first kappa shape index (κ1) is 29.0. The number of amidine groups is 1. The van der Waals surface area contributed by atoms with E-state index in [4.69, 9.17) is 26.3 Å². The van der Waals surface area contributed by atoms with Crippen LogP contribution in [-0.4, -0.2) is 60.1 Å². The number of nitrogens with zero attached hydrogens (tertiary/aromatic N) is 3. The lowest BCUT2D eigenvalue weighted by atomic mass is 10.1. The van der Waals surface area contributed by atoms with Crippen molar-refractivity contribution in [1.82, 2.24) is 9.88 Å². The number of hydrogen-bond donors (Lipinski definition) is 3. The summed E-state index contributed by atoms with van der Waals surface area (Å²) in [4.78, 5) is 33.8. The van der Waals surface area contributed by atoms with E-state index in [-0.39, 0.29) is 25.3 Å². The highest BCUT2D eigenvalue weighted by Gasteiger charge is 2.31. The SMILES string of the molecule is C.CS(=O)(=O)O.N=C1OCCN1c1cccc(CN2Cc3c(NC(=O)c4ccc(Cl)s4)ccnc3C2=O)c1. The van der Waals surface area contributed by atoms with E-state index >= 15 is 0 Å². The normalized spacial score (nSPS) is 14.3. The van der Waals surface area contributed by atoms with Gasteiger partial charge in [0.05, 0.1) is 28.6 Å². The van der Waals surface area contributed by atoms with E-state index in [1.165, 1.54) is 17.5 Å². The van der Waals surface area contributed by atoms with Crippen LogP contribution in [0.3, 0.4) is 0 Å². The van der Waals surface area contributed by atoms with Crippen molar-refractivity contribution in [2.75, 3.05) is 29.6 Å². The molecule has 0 saturated carbocycles. The number of halogens is 1. The van der Waals surface area contributed by atoms with E-state index in [0.29, 0.717) is 58.7 Å². The second kappa shape index (κ2) is 11.9. The molecule has 4 heterocycles. The van der Waals surface area contributed by atoms with Crippen LogP contribution in [0.4, 0.5) is 11.4 Å². The third-order valence-corrected chi connectivity index (χ3v) is 6.56. The van der Waals surface area contributed by atoms with Gasteiger partial charge in [-0.1, -0.05) is 31.2 Å². The Balaban J connectivity index is 0.000000612. The topological polar surface area (TPSA) is 153 Å². The fourth-order valence-electron chi connectivity index (χ4n) is 3.82. The Hall–Kier alpha value is -3.52. The zero-order valence-electron chi connectivity index (χ0n) is 19.5. The van der Waals surface area contributed by atoms with Crippen molar-refractivity contribution < 1.29 is 27.3 Å².